The van der Waals surface area contributed by atoms with Crippen molar-refractivity contribution in [2.24, 2.45) is 5.14 Å². The van der Waals surface area contributed by atoms with Crippen LogP contribution in [-0.4, -0.2) is 26.7 Å². The number of thioether (sulfide) groups is 1. The van der Waals surface area contributed by atoms with E-state index in [4.69, 9.17) is 16.7 Å². The number of benzene rings is 1. The van der Waals surface area contributed by atoms with Gasteiger partial charge in [0.2, 0.25) is 10.0 Å². The van der Waals surface area contributed by atoms with Gasteiger partial charge in [-0.1, -0.05) is 23.8 Å². The molecule has 0 aliphatic heterocycles. The minimum Gasteiger partial charge on any atom is -0.465 e. The number of nitrogens with two attached hydrogens (primary N) is 1. The first-order chi connectivity index (χ1) is 10.3. The second-order valence-electron chi connectivity index (χ2n) is 4.84. The smallest absolute Gasteiger partial charge is 0.339 e. The zero-order chi connectivity index (χ0) is 16.3. The minimum absolute atomic E-state index is 0.0129. The molecule has 0 saturated carbocycles. The summed E-state index contributed by atoms with van der Waals surface area (Å²) in [4.78, 5) is 12.0. The molecule has 2 N–H and O–H groups in total. The zero-order valence-corrected chi connectivity index (χ0v) is 14.3. The lowest BCUT2D eigenvalue weighted by Gasteiger charge is -2.19. The van der Waals surface area contributed by atoms with E-state index in [1.807, 2.05) is 0 Å². The Bertz CT molecular complexity index is 716. The lowest BCUT2D eigenvalue weighted by molar-refractivity contribution is 0.0600. The number of primary sulfonamides is 1. The predicted octanol–water partition coefficient (Wildman–Crippen LogP) is 2.97. The monoisotopic (exact) mass is 361 g/mol. The molecular formula is C14H16ClNO4S2. The van der Waals surface area contributed by atoms with Crippen molar-refractivity contribution in [3.8, 4) is 0 Å². The van der Waals surface area contributed by atoms with Crippen LogP contribution in [0.2, 0.25) is 5.02 Å². The number of esters is 1. The van der Waals surface area contributed by atoms with Crippen molar-refractivity contribution in [3.05, 3.63) is 34.9 Å². The van der Waals surface area contributed by atoms with E-state index in [1.165, 1.54) is 31.0 Å². The molecule has 1 aromatic carbocycles. The number of rotatable bonds is 4. The van der Waals surface area contributed by atoms with Crippen LogP contribution in [0.1, 0.15) is 29.6 Å². The summed E-state index contributed by atoms with van der Waals surface area (Å²) in [7, 11) is -2.77. The maximum absolute atomic E-state index is 11.8. The highest BCUT2D eigenvalue weighted by Crippen LogP contribution is 2.37. The Morgan fingerprint density at radius 2 is 2.14 bits per heavy atom. The Labute approximate surface area is 138 Å². The van der Waals surface area contributed by atoms with Gasteiger partial charge in [-0.15, -0.1) is 11.8 Å². The number of carbonyl (C=O) groups excluding carboxylic acids is 1. The Balaban J connectivity index is 2.45. The molecule has 22 heavy (non-hydrogen) atoms. The van der Waals surface area contributed by atoms with E-state index in [9.17, 15) is 13.2 Å². The van der Waals surface area contributed by atoms with Crippen LogP contribution in [0.15, 0.2) is 34.1 Å². The fraction of sp³-hybridized carbons (Fsp3) is 0.357. The van der Waals surface area contributed by atoms with Gasteiger partial charge >= 0.3 is 5.97 Å². The molecule has 120 valence electrons. The summed E-state index contributed by atoms with van der Waals surface area (Å²) in [5, 5.41) is 5.67. The van der Waals surface area contributed by atoms with Crippen LogP contribution >= 0.6 is 23.4 Å². The fourth-order valence-corrected chi connectivity index (χ4v) is 4.77. The Kier molecular flexibility index (Phi) is 5.55. The van der Waals surface area contributed by atoms with Crippen LogP contribution in [0.3, 0.4) is 0 Å². The molecule has 0 bridgehead atoms. The second kappa shape index (κ2) is 7.04. The molecule has 0 spiro atoms. The van der Waals surface area contributed by atoms with Crippen molar-refractivity contribution < 1.29 is 17.9 Å². The van der Waals surface area contributed by atoms with Crippen molar-refractivity contribution in [2.75, 3.05) is 7.11 Å². The third kappa shape index (κ3) is 4.04. The van der Waals surface area contributed by atoms with Gasteiger partial charge in [-0.05, 0) is 31.4 Å². The summed E-state index contributed by atoms with van der Waals surface area (Å²) in [6, 6.07) is 2.65. The maximum Gasteiger partial charge on any atom is 0.339 e. The molecular weight excluding hydrogens is 346 g/mol. The van der Waals surface area contributed by atoms with Gasteiger partial charge in [0.1, 0.15) is 0 Å². The summed E-state index contributed by atoms with van der Waals surface area (Å²) in [6.07, 6.45) is 6.93. The number of methoxy groups -OCH3 is 1. The number of halogens is 1. The Morgan fingerprint density at radius 1 is 1.41 bits per heavy atom. The number of hydrogen-bond acceptors (Lipinski definition) is 5. The van der Waals surface area contributed by atoms with Crippen molar-refractivity contribution >= 4 is 39.4 Å². The molecule has 2 rings (SSSR count). The Morgan fingerprint density at radius 3 is 2.68 bits per heavy atom. The first-order valence-electron chi connectivity index (χ1n) is 6.59. The molecule has 0 fully saturated rings. The summed E-state index contributed by atoms with van der Waals surface area (Å²) >= 11 is 7.49. The average molecular weight is 362 g/mol. The van der Waals surface area contributed by atoms with Crippen LogP contribution in [0.5, 0.6) is 0 Å². The molecule has 0 radical (unpaired) electrons. The van der Waals surface area contributed by atoms with Crippen molar-refractivity contribution in [1.29, 1.82) is 0 Å². The zero-order valence-electron chi connectivity index (χ0n) is 11.9. The van der Waals surface area contributed by atoms with Crippen LogP contribution in [0.25, 0.3) is 0 Å². The first kappa shape index (κ1) is 17.3. The number of sulfonamides is 1. The van der Waals surface area contributed by atoms with Crippen molar-refractivity contribution in [3.63, 3.8) is 0 Å². The summed E-state index contributed by atoms with van der Waals surface area (Å²) in [6.45, 7) is 0. The van der Waals surface area contributed by atoms with Gasteiger partial charge in [-0.2, -0.15) is 0 Å². The van der Waals surface area contributed by atoms with Gasteiger partial charge in [0.25, 0.3) is 0 Å². The van der Waals surface area contributed by atoms with Crippen LogP contribution in [0.4, 0.5) is 0 Å². The highest BCUT2D eigenvalue weighted by molar-refractivity contribution is 8.00. The molecule has 0 unspecified atom stereocenters. The third-order valence-corrected chi connectivity index (χ3v) is 6.01. The van der Waals surface area contributed by atoms with E-state index in [0.29, 0.717) is 4.90 Å². The number of allylic oxidation sites excluding steroid dienone is 2. The van der Waals surface area contributed by atoms with Gasteiger partial charge in [0, 0.05) is 10.1 Å². The highest BCUT2D eigenvalue weighted by Gasteiger charge is 2.23. The number of hydrogen-bond donors (Lipinski definition) is 1. The molecule has 1 aromatic rings. The molecule has 1 aliphatic rings. The van der Waals surface area contributed by atoms with E-state index in [1.54, 1.807) is 0 Å². The summed E-state index contributed by atoms with van der Waals surface area (Å²) < 4.78 is 28.2. The van der Waals surface area contributed by atoms with E-state index < -0.39 is 16.0 Å². The predicted molar refractivity (Wildman–Crippen MR) is 86.8 cm³/mol. The molecule has 0 saturated heterocycles. The van der Waals surface area contributed by atoms with Gasteiger partial charge in [0.05, 0.1) is 22.6 Å². The topological polar surface area (TPSA) is 86.5 Å². The van der Waals surface area contributed by atoms with E-state index in [0.717, 1.165) is 19.3 Å². The van der Waals surface area contributed by atoms with Crippen LogP contribution in [-0.2, 0) is 14.8 Å². The molecule has 5 nitrogen and oxygen atoms in total. The average Bonchev–Trinajstić information content (AvgIpc) is 2.46. The van der Waals surface area contributed by atoms with E-state index in [-0.39, 0.29) is 20.7 Å². The van der Waals surface area contributed by atoms with Crippen molar-refractivity contribution in [1.82, 2.24) is 0 Å². The third-order valence-electron chi connectivity index (χ3n) is 3.26. The van der Waals surface area contributed by atoms with Crippen molar-refractivity contribution in [2.45, 2.75) is 34.3 Å². The number of carbonyl (C=O) groups is 1. The van der Waals surface area contributed by atoms with Gasteiger partial charge < -0.3 is 4.74 Å². The Hall–Kier alpha value is -1.02. The second-order valence-corrected chi connectivity index (χ2v) is 8.12. The highest BCUT2D eigenvalue weighted by atomic mass is 35.5. The molecule has 1 atom stereocenters. The van der Waals surface area contributed by atoms with Gasteiger partial charge in [-0.25, -0.2) is 18.4 Å². The largest absolute Gasteiger partial charge is 0.465 e. The number of ether oxygens (including phenoxy) is 1. The maximum atomic E-state index is 11.8. The normalized spacial score (nSPS) is 18.2. The lowest BCUT2D eigenvalue weighted by atomic mass is 10.1. The van der Waals surface area contributed by atoms with E-state index in [2.05, 4.69) is 16.9 Å². The first-order valence-corrected chi connectivity index (χ1v) is 9.39. The molecule has 8 heteroatoms. The quantitative estimate of drug-likeness (QED) is 0.658. The van der Waals surface area contributed by atoms with Gasteiger partial charge in [-0.3, -0.25) is 0 Å². The SMILES string of the molecule is COC(=O)c1cc(S(N)(=O)=O)c(S[C@H]2CC=CCC2)cc1Cl. The standard InChI is InChI=1S/C14H16ClNO4S2/c1-20-14(17)10-7-13(22(16,18)19)12(8-11(10)15)21-9-5-3-2-4-6-9/h2-3,7-9H,4-6H2,1H3,(H2,16,18,19)/t9-/m0/s1. The molecule has 0 aromatic heterocycles. The van der Waals surface area contributed by atoms with E-state index >= 15 is 0 Å². The molecule has 1 aliphatic carbocycles. The van der Waals surface area contributed by atoms with Crippen LogP contribution in [0, 0.1) is 0 Å². The summed E-state index contributed by atoms with van der Waals surface area (Å²) in [5.74, 6) is -0.702. The minimum atomic E-state index is -3.97. The van der Waals surface area contributed by atoms with Crippen LogP contribution < -0.4 is 5.14 Å². The fourth-order valence-electron chi connectivity index (χ4n) is 2.17. The molecule has 0 heterocycles. The summed E-state index contributed by atoms with van der Waals surface area (Å²) in [5.41, 5.74) is -0.0129. The molecule has 0 amide bonds. The van der Waals surface area contributed by atoms with Gasteiger partial charge in [0.15, 0.2) is 0 Å². The lowest BCUT2D eigenvalue weighted by Crippen LogP contribution is -2.16.